The van der Waals surface area contributed by atoms with Crippen molar-refractivity contribution in [3.8, 4) is 0 Å². The molecule has 0 bridgehead atoms. The van der Waals surface area contributed by atoms with E-state index in [0.29, 0.717) is 5.56 Å². The van der Waals surface area contributed by atoms with Gasteiger partial charge in [-0.25, -0.2) is 13.6 Å². The van der Waals surface area contributed by atoms with E-state index in [1.54, 1.807) is 13.8 Å². The SMILES string of the molecule is CCOC(=O)C(F)c1cc(C)ccc1F. The number of hydrogen-bond acceptors (Lipinski definition) is 2. The third kappa shape index (κ3) is 2.75. The Labute approximate surface area is 86.9 Å². The molecule has 1 aromatic rings. The average molecular weight is 214 g/mol. The molecule has 0 radical (unpaired) electrons. The molecule has 15 heavy (non-hydrogen) atoms. The van der Waals surface area contributed by atoms with E-state index in [1.165, 1.54) is 12.1 Å². The van der Waals surface area contributed by atoms with Gasteiger partial charge in [-0.3, -0.25) is 0 Å². The van der Waals surface area contributed by atoms with Crippen LogP contribution in [0.4, 0.5) is 8.78 Å². The lowest BCUT2D eigenvalue weighted by Gasteiger charge is -2.09. The minimum absolute atomic E-state index is 0.0761. The third-order valence-electron chi connectivity index (χ3n) is 1.92. The highest BCUT2D eigenvalue weighted by Crippen LogP contribution is 2.23. The van der Waals surface area contributed by atoms with Gasteiger partial charge in [-0.1, -0.05) is 11.6 Å². The molecule has 0 saturated heterocycles. The fourth-order valence-corrected chi connectivity index (χ4v) is 1.20. The minimum Gasteiger partial charge on any atom is -0.464 e. The van der Waals surface area contributed by atoms with E-state index in [1.807, 2.05) is 0 Å². The molecule has 82 valence electrons. The van der Waals surface area contributed by atoms with Crippen LogP contribution in [0.1, 0.15) is 24.2 Å². The second kappa shape index (κ2) is 4.87. The van der Waals surface area contributed by atoms with Crippen molar-refractivity contribution in [1.29, 1.82) is 0 Å². The highest BCUT2D eigenvalue weighted by molar-refractivity contribution is 5.76. The first-order chi connectivity index (χ1) is 7.06. The summed E-state index contributed by atoms with van der Waals surface area (Å²) in [5.41, 5.74) is 0.423. The predicted octanol–water partition coefficient (Wildman–Crippen LogP) is 2.71. The van der Waals surface area contributed by atoms with Gasteiger partial charge in [-0.05, 0) is 26.0 Å². The summed E-state index contributed by atoms with van der Waals surface area (Å²) < 4.78 is 31.1. The van der Waals surface area contributed by atoms with Gasteiger partial charge in [0.15, 0.2) is 0 Å². The van der Waals surface area contributed by atoms with Crippen molar-refractivity contribution in [2.45, 2.75) is 20.0 Å². The highest BCUT2D eigenvalue weighted by Gasteiger charge is 2.24. The molecule has 1 atom stereocenters. The fraction of sp³-hybridized carbons (Fsp3) is 0.364. The maximum absolute atomic E-state index is 13.4. The zero-order chi connectivity index (χ0) is 11.4. The van der Waals surface area contributed by atoms with Crippen LogP contribution >= 0.6 is 0 Å². The zero-order valence-corrected chi connectivity index (χ0v) is 8.59. The summed E-state index contributed by atoms with van der Waals surface area (Å²) in [5, 5.41) is 0. The van der Waals surface area contributed by atoms with Gasteiger partial charge < -0.3 is 4.74 Å². The molecule has 0 aliphatic carbocycles. The van der Waals surface area contributed by atoms with Crippen LogP contribution in [0.3, 0.4) is 0 Å². The zero-order valence-electron chi connectivity index (χ0n) is 8.59. The lowest BCUT2D eigenvalue weighted by atomic mass is 10.1. The van der Waals surface area contributed by atoms with E-state index in [-0.39, 0.29) is 12.2 Å². The Morgan fingerprint density at radius 2 is 2.20 bits per heavy atom. The van der Waals surface area contributed by atoms with Gasteiger partial charge in [0.2, 0.25) is 6.17 Å². The Balaban J connectivity index is 2.94. The molecular weight excluding hydrogens is 202 g/mol. The number of carbonyl (C=O) groups excluding carboxylic acids is 1. The smallest absolute Gasteiger partial charge is 0.345 e. The van der Waals surface area contributed by atoms with Crippen LogP contribution in [0.5, 0.6) is 0 Å². The number of hydrogen-bond donors (Lipinski definition) is 0. The molecule has 0 heterocycles. The minimum atomic E-state index is -2.05. The van der Waals surface area contributed by atoms with Crippen molar-refractivity contribution in [2.24, 2.45) is 0 Å². The number of carbonyl (C=O) groups is 1. The summed E-state index contributed by atoms with van der Waals surface area (Å²) in [6, 6.07) is 3.95. The molecule has 0 aliphatic heterocycles. The standard InChI is InChI=1S/C11H12F2O2/c1-3-15-11(14)10(13)8-6-7(2)4-5-9(8)12/h4-6,10H,3H2,1-2H3. The summed E-state index contributed by atoms with van der Waals surface area (Å²) in [5.74, 6) is -1.79. The predicted molar refractivity (Wildman–Crippen MR) is 51.6 cm³/mol. The molecule has 2 nitrogen and oxygen atoms in total. The lowest BCUT2D eigenvalue weighted by molar-refractivity contribution is -0.149. The van der Waals surface area contributed by atoms with Crippen LogP contribution < -0.4 is 0 Å². The Morgan fingerprint density at radius 1 is 1.53 bits per heavy atom. The van der Waals surface area contributed by atoms with Crippen LogP contribution in [0.15, 0.2) is 18.2 Å². The summed E-state index contributed by atoms with van der Waals surface area (Å²) >= 11 is 0. The first-order valence-electron chi connectivity index (χ1n) is 4.63. The maximum Gasteiger partial charge on any atom is 0.345 e. The van der Waals surface area contributed by atoms with Crippen molar-refractivity contribution < 1.29 is 18.3 Å². The first-order valence-corrected chi connectivity index (χ1v) is 4.63. The summed E-state index contributed by atoms with van der Waals surface area (Å²) in [6.45, 7) is 3.34. The number of rotatable bonds is 3. The molecule has 1 aromatic carbocycles. The molecule has 0 amide bonds. The number of halogens is 2. The quantitative estimate of drug-likeness (QED) is 0.723. The number of benzene rings is 1. The van der Waals surface area contributed by atoms with Crippen molar-refractivity contribution in [2.75, 3.05) is 6.61 Å². The maximum atomic E-state index is 13.4. The van der Waals surface area contributed by atoms with Crippen LogP contribution in [0.25, 0.3) is 0 Å². The van der Waals surface area contributed by atoms with Gasteiger partial charge in [-0.15, -0.1) is 0 Å². The van der Waals surface area contributed by atoms with E-state index in [9.17, 15) is 13.6 Å². The van der Waals surface area contributed by atoms with Crippen molar-refractivity contribution in [3.63, 3.8) is 0 Å². The van der Waals surface area contributed by atoms with Crippen molar-refractivity contribution >= 4 is 5.97 Å². The van der Waals surface area contributed by atoms with Crippen LogP contribution in [0, 0.1) is 12.7 Å². The molecule has 0 N–H and O–H groups in total. The molecule has 1 rings (SSSR count). The average Bonchev–Trinajstić information content (AvgIpc) is 2.21. The molecule has 0 saturated carbocycles. The second-order valence-corrected chi connectivity index (χ2v) is 3.14. The normalized spacial score (nSPS) is 12.3. The van der Waals surface area contributed by atoms with Crippen LogP contribution in [-0.2, 0) is 9.53 Å². The molecule has 0 aromatic heterocycles. The largest absolute Gasteiger partial charge is 0.464 e. The van der Waals surface area contributed by atoms with E-state index >= 15 is 0 Å². The molecule has 0 spiro atoms. The molecular formula is C11H12F2O2. The van der Waals surface area contributed by atoms with Crippen molar-refractivity contribution in [1.82, 2.24) is 0 Å². The molecule has 4 heteroatoms. The Bertz CT molecular complexity index is 364. The summed E-state index contributed by atoms with van der Waals surface area (Å²) in [4.78, 5) is 11.0. The van der Waals surface area contributed by atoms with Gasteiger partial charge in [0.05, 0.1) is 6.61 Å². The van der Waals surface area contributed by atoms with Gasteiger partial charge in [-0.2, -0.15) is 0 Å². The third-order valence-corrected chi connectivity index (χ3v) is 1.92. The van der Waals surface area contributed by atoms with E-state index < -0.39 is 18.0 Å². The fourth-order valence-electron chi connectivity index (χ4n) is 1.20. The number of esters is 1. The van der Waals surface area contributed by atoms with Crippen LogP contribution in [0.2, 0.25) is 0 Å². The number of aryl methyl sites for hydroxylation is 1. The Morgan fingerprint density at radius 3 is 2.80 bits per heavy atom. The lowest BCUT2D eigenvalue weighted by Crippen LogP contribution is -2.13. The van der Waals surface area contributed by atoms with Gasteiger partial charge >= 0.3 is 5.97 Å². The first kappa shape index (κ1) is 11.6. The summed E-state index contributed by atoms with van der Waals surface area (Å²) in [7, 11) is 0. The molecule has 0 aliphatic rings. The van der Waals surface area contributed by atoms with E-state index in [0.717, 1.165) is 6.07 Å². The molecule has 0 fully saturated rings. The monoisotopic (exact) mass is 214 g/mol. The number of alkyl halides is 1. The van der Waals surface area contributed by atoms with Gasteiger partial charge in [0.1, 0.15) is 5.82 Å². The van der Waals surface area contributed by atoms with Gasteiger partial charge in [0.25, 0.3) is 0 Å². The highest BCUT2D eigenvalue weighted by atomic mass is 19.1. The van der Waals surface area contributed by atoms with Gasteiger partial charge in [0, 0.05) is 5.56 Å². The van der Waals surface area contributed by atoms with Crippen molar-refractivity contribution in [3.05, 3.63) is 35.1 Å². The van der Waals surface area contributed by atoms with Crippen LogP contribution in [-0.4, -0.2) is 12.6 Å². The summed E-state index contributed by atoms with van der Waals surface area (Å²) in [6.07, 6.45) is -2.05. The Hall–Kier alpha value is -1.45. The topological polar surface area (TPSA) is 26.3 Å². The number of ether oxygens (including phenoxy) is 1. The van der Waals surface area contributed by atoms with E-state index in [2.05, 4.69) is 4.74 Å². The Kier molecular flexibility index (Phi) is 3.77. The second-order valence-electron chi connectivity index (χ2n) is 3.14. The van der Waals surface area contributed by atoms with E-state index in [4.69, 9.17) is 0 Å². The molecule has 1 unspecified atom stereocenters.